The van der Waals surface area contributed by atoms with Gasteiger partial charge in [-0.1, -0.05) is 34.6 Å². The van der Waals surface area contributed by atoms with Crippen LogP contribution < -0.4 is 0 Å². The minimum absolute atomic E-state index is 0.0611. The van der Waals surface area contributed by atoms with Gasteiger partial charge in [-0.05, 0) is 31.6 Å². The van der Waals surface area contributed by atoms with Gasteiger partial charge >= 0.3 is 5.97 Å². The molecule has 18 heavy (non-hydrogen) atoms. The molecule has 0 saturated heterocycles. The van der Waals surface area contributed by atoms with E-state index in [4.69, 9.17) is 9.47 Å². The number of carbonyl (C=O) groups excluding carboxylic acids is 1. The number of esters is 1. The van der Waals surface area contributed by atoms with Crippen LogP contribution in [0.1, 0.15) is 54.9 Å². The van der Waals surface area contributed by atoms with Gasteiger partial charge < -0.3 is 9.47 Å². The molecule has 0 aromatic heterocycles. The molecule has 108 valence electrons. The molecule has 0 fully saturated rings. The van der Waals surface area contributed by atoms with E-state index >= 15 is 0 Å². The van der Waals surface area contributed by atoms with Crippen molar-refractivity contribution in [1.29, 1.82) is 0 Å². The van der Waals surface area contributed by atoms with Gasteiger partial charge in [0.05, 0.1) is 18.6 Å². The van der Waals surface area contributed by atoms with Crippen LogP contribution in [0.2, 0.25) is 0 Å². The maximum atomic E-state index is 12.2. The van der Waals surface area contributed by atoms with Gasteiger partial charge in [0.1, 0.15) is 0 Å². The molecular formula is C15H30O3. The third kappa shape index (κ3) is 5.85. The fourth-order valence-electron chi connectivity index (χ4n) is 2.27. The summed E-state index contributed by atoms with van der Waals surface area (Å²) >= 11 is 0. The fourth-order valence-corrected chi connectivity index (χ4v) is 2.27. The largest absolute Gasteiger partial charge is 0.466 e. The van der Waals surface area contributed by atoms with Crippen molar-refractivity contribution < 1.29 is 14.3 Å². The molecule has 0 aliphatic heterocycles. The fraction of sp³-hybridized carbons (Fsp3) is 0.933. The van der Waals surface area contributed by atoms with E-state index in [0.717, 1.165) is 6.42 Å². The Hall–Kier alpha value is -0.570. The Morgan fingerprint density at radius 1 is 1.11 bits per heavy atom. The van der Waals surface area contributed by atoms with Crippen LogP contribution in [0.15, 0.2) is 0 Å². The molecular weight excluding hydrogens is 228 g/mol. The molecule has 2 atom stereocenters. The molecule has 0 N–H and O–H groups in total. The zero-order chi connectivity index (χ0) is 14.3. The average molecular weight is 258 g/mol. The lowest BCUT2D eigenvalue weighted by Crippen LogP contribution is -2.41. The van der Waals surface area contributed by atoms with Crippen molar-refractivity contribution in [2.75, 3.05) is 13.2 Å². The van der Waals surface area contributed by atoms with E-state index in [1.165, 1.54) is 0 Å². The summed E-state index contributed by atoms with van der Waals surface area (Å²) in [5.74, 6) is 0.157. The maximum absolute atomic E-state index is 12.2. The zero-order valence-electron chi connectivity index (χ0n) is 13.1. The first-order valence-electron chi connectivity index (χ1n) is 7.02. The molecule has 0 aliphatic carbocycles. The summed E-state index contributed by atoms with van der Waals surface area (Å²) in [4.78, 5) is 12.2. The van der Waals surface area contributed by atoms with Gasteiger partial charge in [-0.15, -0.1) is 0 Å². The van der Waals surface area contributed by atoms with Crippen molar-refractivity contribution in [3.05, 3.63) is 0 Å². The van der Waals surface area contributed by atoms with Crippen LogP contribution in [0.3, 0.4) is 0 Å². The van der Waals surface area contributed by atoms with E-state index in [-0.39, 0.29) is 23.4 Å². The van der Waals surface area contributed by atoms with Crippen LogP contribution in [0, 0.1) is 17.3 Å². The maximum Gasteiger partial charge on any atom is 0.312 e. The first kappa shape index (κ1) is 17.4. The molecule has 0 heterocycles. The molecule has 3 heteroatoms. The molecule has 3 nitrogen and oxygen atoms in total. The van der Waals surface area contributed by atoms with Crippen molar-refractivity contribution in [3.8, 4) is 0 Å². The lowest BCUT2D eigenvalue weighted by Gasteiger charge is -2.35. The second kappa shape index (κ2) is 7.78. The Balaban J connectivity index is 5.03. The highest BCUT2D eigenvalue weighted by molar-refractivity contribution is 5.74. The zero-order valence-corrected chi connectivity index (χ0v) is 13.1. The predicted molar refractivity (Wildman–Crippen MR) is 74.4 cm³/mol. The molecule has 0 aromatic rings. The van der Waals surface area contributed by atoms with Crippen LogP contribution in [0.25, 0.3) is 0 Å². The average Bonchev–Trinajstić information content (AvgIpc) is 2.14. The highest BCUT2D eigenvalue weighted by Gasteiger charge is 2.39. The predicted octanol–water partition coefficient (Wildman–Crippen LogP) is 3.66. The van der Waals surface area contributed by atoms with Crippen LogP contribution >= 0.6 is 0 Å². The summed E-state index contributed by atoms with van der Waals surface area (Å²) in [6.07, 6.45) is 0.822. The highest BCUT2D eigenvalue weighted by atomic mass is 16.5. The Labute approximate surface area is 112 Å². The third-order valence-corrected chi connectivity index (χ3v) is 2.93. The highest BCUT2D eigenvalue weighted by Crippen LogP contribution is 2.34. The minimum Gasteiger partial charge on any atom is -0.466 e. The molecule has 0 bridgehead atoms. The standard InChI is InChI=1S/C15H30O3/c1-8-17-12(10-11(3)4)13(15(5,6)7)14(16)18-9-2/h11-13H,8-10H2,1-7H3. The summed E-state index contributed by atoms with van der Waals surface area (Å²) in [7, 11) is 0. The van der Waals surface area contributed by atoms with Crippen LogP contribution in [0.4, 0.5) is 0 Å². The number of ether oxygens (including phenoxy) is 2. The lowest BCUT2D eigenvalue weighted by molar-refractivity contribution is -0.160. The second-order valence-electron chi connectivity index (χ2n) is 6.22. The van der Waals surface area contributed by atoms with Crippen LogP contribution in [0.5, 0.6) is 0 Å². The smallest absolute Gasteiger partial charge is 0.312 e. The van der Waals surface area contributed by atoms with Gasteiger partial charge in [0.2, 0.25) is 0 Å². The molecule has 0 amide bonds. The summed E-state index contributed by atoms with van der Waals surface area (Å²) in [5.41, 5.74) is -0.152. The monoisotopic (exact) mass is 258 g/mol. The van der Waals surface area contributed by atoms with E-state index in [0.29, 0.717) is 19.1 Å². The van der Waals surface area contributed by atoms with Crippen molar-refractivity contribution in [1.82, 2.24) is 0 Å². The van der Waals surface area contributed by atoms with E-state index < -0.39 is 0 Å². The number of hydrogen-bond acceptors (Lipinski definition) is 3. The minimum atomic E-state index is -0.209. The van der Waals surface area contributed by atoms with Crippen LogP contribution in [-0.2, 0) is 14.3 Å². The topological polar surface area (TPSA) is 35.5 Å². The SMILES string of the molecule is CCOC(=O)C(C(CC(C)C)OCC)C(C)(C)C. The Morgan fingerprint density at radius 2 is 1.67 bits per heavy atom. The lowest BCUT2D eigenvalue weighted by atomic mass is 9.75. The summed E-state index contributed by atoms with van der Waals surface area (Å²) in [6.45, 7) is 15.4. The van der Waals surface area contributed by atoms with Gasteiger partial charge in [0.15, 0.2) is 0 Å². The molecule has 0 rings (SSSR count). The summed E-state index contributed by atoms with van der Waals surface area (Å²) in [5, 5.41) is 0. The third-order valence-electron chi connectivity index (χ3n) is 2.93. The Morgan fingerprint density at radius 3 is 2.00 bits per heavy atom. The van der Waals surface area contributed by atoms with Crippen molar-refractivity contribution in [3.63, 3.8) is 0 Å². The van der Waals surface area contributed by atoms with E-state index in [9.17, 15) is 4.79 Å². The normalized spacial score (nSPS) is 15.6. The quantitative estimate of drug-likeness (QED) is 0.654. The molecule has 0 spiro atoms. The summed E-state index contributed by atoms with van der Waals surface area (Å²) < 4.78 is 11.0. The van der Waals surface area contributed by atoms with Crippen LogP contribution in [-0.4, -0.2) is 25.3 Å². The molecule has 0 aromatic carbocycles. The molecule has 0 radical (unpaired) electrons. The summed E-state index contributed by atoms with van der Waals surface area (Å²) in [6, 6.07) is 0. The molecule has 2 unspecified atom stereocenters. The van der Waals surface area contributed by atoms with Gasteiger partial charge in [0, 0.05) is 6.61 Å². The van der Waals surface area contributed by atoms with E-state index in [2.05, 4.69) is 34.6 Å². The van der Waals surface area contributed by atoms with Gasteiger partial charge in [-0.25, -0.2) is 0 Å². The van der Waals surface area contributed by atoms with E-state index in [1.807, 2.05) is 13.8 Å². The molecule has 0 aliphatic rings. The Bertz CT molecular complexity index is 241. The van der Waals surface area contributed by atoms with Crippen molar-refractivity contribution in [2.24, 2.45) is 17.3 Å². The number of carbonyl (C=O) groups is 1. The first-order chi connectivity index (χ1) is 8.23. The number of rotatable bonds is 7. The van der Waals surface area contributed by atoms with Gasteiger partial charge in [-0.3, -0.25) is 4.79 Å². The van der Waals surface area contributed by atoms with Gasteiger partial charge in [0.25, 0.3) is 0 Å². The Kier molecular flexibility index (Phi) is 7.53. The first-order valence-corrected chi connectivity index (χ1v) is 7.02. The van der Waals surface area contributed by atoms with E-state index in [1.54, 1.807) is 0 Å². The van der Waals surface area contributed by atoms with Crippen molar-refractivity contribution in [2.45, 2.75) is 61.0 Å². The second-order valence-corrected chi connectivity index (χ2v) is 6.22. The number of hydrogen-bond donors (Lipinski definition) is 0. The van der Waals surface area contributed by atoms with Gasteiger partial charge in [-0.2, -0.15) is 0 Å². The van der Waals surface area contributed by atoms with Crippen molar-refractivity contribution >= 4 is 5.97 Å². The molecule has 0 saturated carbocycles.